The predicted octanol–water partition coefficient (Wildman–Crippen LogP) is 3.66. The number of nitrogens with zero attached hydrogens (tertiary/aromatic N) is 1. The lowest BCUT2D eigenvalue weighted by atomic mass is 9.74. The van der Waals surface area contributed by atoms with Crippen molar-refractivity contribution in [2.24, 2.45) is 17.8 Å². The first-order valence-electron chi connectivity index (χ1n) is 7.08. The normalized spacial score (nSPS) is 28.0. The van der Waals surface area contributed by atoms with Gasteiger partial charge in [0.25, 0.3) is 0 Å². The van der Waals surface area contributed by atoms with Gasteiger partial charge >= 0.3 is 0 Å². The molecular formula is C16H23NO. The molecule has 0 N–H and O–H groups in total. The van der Waals surface area contributed by atoms with Gasteiger partial charge < -0.3 is 0 Å². The summed E-state index contributed by atoms with van der Waals surface area (Å²) in [5, 5.41) is 0. The second kappa shape index (κ2) is 6.12. The molecule has 0 aromatic carbocycles. The number of aryl methyl sites for hydroxylation is 1. The smallest absolute Gasteiger partial charge is 0.136 e. The molecule has 3 atom stereocenters. The SMILES string of the molecule is CC1CCC(C(=O)CCc2ccncc2)CC1C. The van der Waals surface area contributed by atoms with Crippen molar-refractivity contribution in [1.82, 2.24) is 4.98 Å². The Morgan fingerprint density at radius 3 is 2.61 bits per heavy atom. The third-order valence-electron chi connectivity index (χ3n) is 4.46. The number of carbonyl (C=O) groups excluding carboxylic acids is 1. The van der Waals surface area contributed by atoms with E-state index in [2.05, 4.69) is 18.8 Å². The molecule has 3 unspecified atom stereocenters. The molecule has 0 saturated heterocycles. The van der Waals surface area contributed by atoms with Gasteiger partial charge in [0.15, 0.2) is 0 Å². The molecule has 1 aromatic heterocycles. The maximum absolute atomic E-state index is 12.2. The van der Waals surface area contributed by atoms with Crippen molar-refractivity contribution in [1.29, 1.82) is 0 Å². The third kappa shape index (κ3) is 3.41. The molecule has 0 aliphatic heterocycles. The minimum absolute atomic E-state index is 0.318. The van der Waals surface area contributed by atoms with Crippen LogP contribution < -0.4 is 0 Å². The molecule has 1 saturated carbocycles. The molecule has 2 nitrogen and oxygen atoms in total. The Hall–Kier alpha value is -1.18. The zero-order valence-corrected chi connectivity index (χ0v) is 11.4. The van der Waals surface area contributed by atoms with Crippen molar-refractivity contribution in [3.63, 3.8) is 0 Å². The van der Waals surface area contributed by atoms with Gasteiger partial charge in [-0.05, 0) is 55.2 Å². The van der Waals surface area contributed by atoms with E-state index in [0.717, 1.165) is 25.2 Å². The van der Waals surface area contributed by atoms with E-state index >= 15 is 0 Å². The number of ketones is 1. The van der Waals surface area contributed by atoms with E-state index in [1.165, 1.54) is 12.0 Å². The standard InChI is InChI=1S/C16H23NO/c1-12-3-5-15(11-13(12)2)16(18)6-4-14-7-9-17-10-8-14/h7-10,12-13,15H,3-6,11H2,1-2H3. The van der Waals surface area contributed by atoms with E-state index < -0.39 is 0 Å². The highest BCUT2D eigenvalue weighted by Gasteiger charge is 2.28. The number of Topliss-reactive ketones (excluding diaryl/α,β-unsaturated/α-hetero) is 1. The minimum Gasteiger partial charge on any atom is -0.299 e. The molecule has 1 heterocycles. The van der Waals surface area contributed by atoms with Crippen molar-refractivity contribution in [2.75, 3.05) is 0 Å². The lowest BCUT2D eigenvalue weighted by Crippen LogP contribution is -2.26. The summed E-state index contributed by atoms with van der Waals surface area (Å²) in [6.07, 6.45) is 8.55. The number of rotatable bonds is 4. The first-order valence-corrected chi connectivity index (χ1v) is 7.08. The van der Waals surface area contributed by atoms with Crippen molar-refractivity contribution in [3.05, 3.63) is 30.1 Å². The van der Waals surface area contributed by atoms with Crippen LogP contribution in [-0.4, -0.2) is 10.8 Å². The summed E-state index contributed by atoms with van der Waals surface area (Å²) in [5.74, 6) is 2.27. The van der Waals surface area contributed by atoms with E-state index in [4.69, 9.17) is 0 Å². The number of hydrogen-bond donors (Lipinski definition) is 0. The zero-order valence-electron chi connectivity index (χ0n) is 11.4. The first kappa shape index (κ1) is 13.3. The lowest BCUT2D eigenvalue weighted by Gasteiger charge is -2.31. The Morgan fingerprint density at radius 1 is 1.22 bits per heavy atom. The Kier molecular flexibility index (Phi) is 4.51. The summed E-state index contributed by atoms with van der Waals surface area (Å²) < 4.78 is 0. The molecule has 18 heavy (non-hydrogen) atoms. The molecule has 2 heteroatoms. The van der Waals surface area contributed by atoms with Crippen LogP contribution in [0.1, 0.15) is 45.1 Å². The molecule has 0 bridgehead atoms. The van der Waals surface area contributed by atoms with Crippen LogP contribution in [0.4, 0.5) is 0 Å². The van der Waals surface area contributed by atoms with Crippen LogP contribution in [0.2, 0.25) is 0 Å². The minimum atomic E-state index is 0.318. The van der Waals surface area contributed by atoms with Gasteiger partial charge in [0, 0.05) is 24.7 Å². The Labute approximate surface area is 110 Å². The van der Waals surface area contributed by atoms with Gasteiger partial charge in [0.1, 0.15) is 5.78 Å². The average Bonchev–Trinajstić information content (AvgIpc) is 2.40. The van der Waals surface area contributed by atoms with Gasteiger partial charge in [-0.3, -0.25) is 9.78 Å². The molecular weight excluding hydrogens is 222 g/mol. The highest BCUT2D eigenvalue weighted by molar-refractivity contribution is 5.81. The summed E-state index contributed by atoms with van der Waals surface area (Å²) in [7, 11) is 0. The molecule has 1 aliphatic carbocycles. The second-order valence-electron chi connectivity index (χ2n) is 5.79. The van der Waals surface area contributed by atoms with Crippen LogP contribution >= 0.6 is 0 Å². The summed E-state index contributed by atoms with van der Waals surface area (Å²) in [6.45, 7) is 4.59. The Balaban J connectivity index is 1.82. The van der Waals surface area contributed by atoms with Crippen LogP contribution in [0.25, 0.3) is 0 Å². The van der Waals surface area contributed by atoms with Crippen LogP contribution in [0.5, 0.6) is 0 Å². The van der Waals surface area contributed by atoms with Crippen LogP contribution in [0.3, 0.4) is 0 Å². The van der Waals surface area contributed by atoms with Crippen LogP contribution in [0, 0.1) is 17.8 Å². The lowest BCUT2D eigenvalue weighted by molar-refractivity contribution is -0.124. The molecule has 2 rings (SSSR count). The van der Waals surface area contributed by atoms with Gasteiger partial charge in [-0.2, -0.15) is 0 Å². The van der Waals surface area contributed by atoms with E-state index in [1.54, 1.807) is 12.4 Å². The molecule has 0 spiro atoms. The monoisotopic (exact) mass is 245 g/mol. The Morgan fingerprint density at radius 2 is 1.94 bits per heavy atom. The summed E-state index contributed by atoms with van der Waals surface area (Å²) >= 11 is 0. The Bertz CT molecular complexity index is 387. The largest absolute Gasteiger partial charge is 0.299 e. The number of aromatic nitrogens is 1. The highest BCUT2D eigenvalue weighted by atomic mass is 16.1. The van der Waals surface area contributed by atoms with Crippen LogP contribution in [0.15, 0.2) is 24.5 Å². The summed E-state index contributed by atoms with van der Waals surface area (Å²) in [5.41, 5.74) is 1.22. The predicted molar refractivity (Wildman–Crippen MR) is 73.2 cm³/mol. The number of pyridine rings is 1. The third-order valence-corrected chi connectivity index (χ3v) is 4.46. The molecule has 98 valence electrons. The average molecular weight is 245 g/mol. The fourth-order valence-corrected chi connectivity index (χ4v) is 2.86. The maximum atomic E-state index is 12.2. The molecule has 1 aromatic rings. The molecule has 0 amide bonds. The summed E-state index contributed by atoms with van der Waals surface area (Å²) in [6, 6.07) is 4.00. The van der Waals surface area contributed by atoms with Gasteiger partial charge in [-0.15, -0.1) is 0 Å². The highest BCUT2D eigenvalue weighted by Crippen LogP contribution is 2.34. The maximum Gasteiger partial charge on any atom is 0.136 e. The van der Waals surface area contributed by atoms with Gasteiger partial charge in [-0.1, -0.05) is 13.8 Å². The van der Waals surface area contributed by atoms with E-state index in [1.807, 2.05) is 12.1 Å². The zero-order chi connectivity index (χ0) is 13.0. The second-order valence-corrected chi connectivity index (χ2v) is 5.79. The quantitative estimate of drug-likeness (QED) is 0.810. The van der Waals surface area contributed by atoms with Gasteiger partial charge in [0.05, 0.1) is 0 Å². The topological polar surface area (TPSA) is 30.0 Å². The van der Waals surface area contributed by atoms with Crippen molar-refractivity contribution >= 4 is 5.78 Å². The molecule has 0 radical (unpaired) electrons. The number of hydrogen-bond acceptors (Lipinski definition) is 2. The first-order chi connectivity index (χ1) is 8.66. The summed E-state index contributed by atoms with van der Waals surface area (Å²) in [4.78, 5) is 16.2. The number of carbonyl (C=O) groups is 1. The van der Waals surface area contributed by atoms with Crippen molar-refractivity contribution in [2.45, 2.75) is 46.0 Å². The van der Waals surface area contributed by atoms with Crippen molar-refractivity contribution < 1.29 is 4.79 Å². The van der Waals surface area contributed by atoms with Gasteiger partial charge in [0.2, 0.25) is 0 Å². The van der Waals surface area contributed by atoms with Crippen LogP contribution in [-0.2, 0) is 11.2 Å². The van der Waals surface area contributed by atoms with E-state index in [-0.39, 0.29) is 0 Å². The van der Waals surface area contributed by atoms with Crippen molar-refractivity contribution in [3.8, 4) is 0 Å². The molecule has 1 aliphatic rings. The molecule has 1 fully saturated rings. The fourth-order valence-electron chi connectivity index (χ4n) is 2.86. The van der Waals surface area contributed by atoms with E-state index in [9.17, 15) is 4.79 Å². The van der Waals surface area contributed by atoms with Gasteiger partial charge in [-0.25, -0.2) is 0 Å². The fraction of sp³-hybridized carbons (Fsp3) is 0.625. The van der Waals surface area contributed by atoms with E-state index in [0.29, 0.717) is 24.0 Å².